The highest BCUT2D eigenvalue weighted by molar-refractivity contribution is 6.01. The van der Waals surface area contributed by atoms with Gasteiger partial charge < -0.3 is 19.7 Å². The van der Waals surface area contributed by atoms with Crippen molar-refractivity contribution in [3.8, 4) is 5.75 Å². The summed E-state index contributed by atoms with van der Waals surface area (Å²) in [7, 11) is 0. The second-order valence-electron chi connectivity index (χ2n) is 6.78. The molecule has 2 aliphatic rings. The minimum atomic E-state index is -0.527. The molecule has 1 N–H and O–H groups in total. The molecule has 130 valence electrons. The van der Waals surface area contributed by atoms with Crippen molar-refractivity contribution in [3.05, 3.63) is 18.2 Å². The number of hydrogen-bond acceptors (Lipinski definition) is 4. The van der Waals surface area contributed by atoms with Crippen molar-refractivity contribution in [1.29, 1.82) is 0 Å². The molecule has 1 fully saturated rings. The average molecular weight is 332 g/mol. The minimum absolute atomic E-state index is 0.0349. The van der Waals surface area contributed by atoms with E-state index in [-0.39, 0.29) is 17.9 Å². The second kappa shape index (κ2) is 6.81. The van der Waals surface area contributed by atoms with Crippen LogP contribution >= 0.6 is 0 Å². The number of carbonyl (C=O) groups excluding carboxylic acids is 2. The maximum atomic E-state index is 12.4. The van der Waals surface area contributed by atoms with Crippen LogP contribution in [0.25, 0.3) is 0 Å². The zero-order valence-electron chi connectivity index (χ0n) is 14.4. The number of rotatable bonds is 4. The first-order valence-electron chi connectivity index (χ1n) is 8.50. The summed E-state index contributed by atoms with van der Waals surface area (Å²) in [6, 6.07) is 5.40. The molecule has 0 spiro atoms. The van der Waals surface area contributed by atoms with Crippen molar-refractivity contribution in [2.45, 2.75) is 45.8 Å². The minimum Gasteiger partial charge on any atom is -0.479 e. The maximum Gasteiger partial charge on any atom is 0.267 e. The normalized spacial score (nSPS) is 23.2. The van der Waals surface area contributed by atoms with Gasteiger partial charge in [0.05, 0.1) is 5.69 Å². The third-order valence-corrected chi connectivity index (χ3v) is 4.21. The van der Waals surface area contributed by atoms with Gasteiger partial charge in [-0.1, -0.05) is 13.8 Å². The monoisotopic (exact) mass is 332 g/mol. The van der Waals surface area contributed by atoms with Crippen LogP contribution in [-0.2, 0) is 14.3 Å². The summed E-state index contributed by atoms with van der Waals surface area (Å²) in [6.45, 7) is 7.17. The molecule has 2 atom stereocenters. The number of amides is 2. The fourth-order valence-electron chi connectivity index (χ4n) is 3.05. The molecule has 2 amide bonds. The molecule has 0 aliphatic carbocycles. The van der Waals surface area contributed by atoms with Gasteiger partial charge in [-0.3, -0.25) is 9.59 Å². The smallest absolute Gasteiger partial charge is 0.267 e. The van der Waals surface area contributed by atoms with Gasteiger partial charge >= 0.3 is 0 Å². The van der Waals surface area contributed by atoms with Crippen molar-refractivity contribution in [2.24, 2.45) is 5.92 Å². The summed E-state index contributed by atoms with van der Waals surface area (Å²) in [5.41, 5.74) is 1.40. The van der Waals surface area contributed by atoms with Gasteiger partial charge in [-0.25, -0.2) is 0 Å². The third-order valence-electron chi connectivity index (χ3n) is 4.21. The van der Waals surface area contributed by atoms with Crippen molar-refractivity contribution in [2.75, 3.05) is 23.4 Å². The van der Waals surface area contributed by atoms with Gasteiger partial charge in [0, 0.05) is 24.9 Å². The average Bonchev–Trinajstić information content (AvgIpc) is 3.06. The van der Waals surface area contributed by atoms with Crippen LogP contribution in [0.2, 0.25) is 0 Å². The molecule has 6 nitrogen and oxygen atoms in total. The number of fused-ring (bicyclic) bond motifs is 1. The Morgan fingerprint density at radius 1 is 1.42 bits per heavy atom. The van der Waals surface area contributed by atoms with E-state index < -0.39 is 6.10 Å². The van der Waals surface area contributed by atoms with Crippen molar-refractivity contribution < 1.29 is 19.1 Å². The number of carbonyl (C=O) groups is 2. The fraction of sp³-hybridized carbons (Fsp3) is 0.556. The zero-order chi connectivity index (χ0) is 17.3. The fourth-order valence-corrected chi connectivity index (χ4v) is 3.05. The lowest BCUT2D eigenvalue weighted by Crippen LogP contribution is -2.46. The van der Waals surface area contributed by atoms with E-state index in [1.807, 2.05) is 6.07 Å². The molecule has 1 aromatic carbocycles. The Bertz CT molecular complexity index is 638. The Balaban J connectivity index is 1.80. The van der Waals surface area contributed by atoms with E-state index in [2.05, 4.69) is 19.2 Å². The lowest BCUT2D eigenvalue weighted by molar-refractivity contribution is -0.126. The lowest BCUT2D eigenvalue weighted by Gasteiger charge is -2.34. The van der Waals surface area contributed by atoms with E-state index in [0.29, 0.717) is 30.5 Å². The Labute approximate surface area is 142 Å². The molecular formula is C18H24N2O4. The van der Waals surface area contributed by atoms with Crippen molar-refractivity contribution >= 4 is 23.2 Å². The summed E-state index contributed by atoms with van der Waals surface area (Å²) in [5.74, 6) is 0.803. The predicted molar refractivity (Wildman–Crippen MR) is 91.3 cm³/mol. The standard InChI is InChI=1S/C18H24N2O4/c1-11(2)10-20-14-7-6-13(9-16(14)24-12(3)18(20)22)19-17(21)15-5-4-8-23-15/h6-7,9,11-12,15H,4-5,8,10H2,1-3H3,(H,19,21). The number of hydrogen-bond donors (Lipinski definition) is 1. The molecule has 0 aromatic heterocycles. The largest absolute Gasteiger partial charge is 0.479 e. The van der Waals surface area contributed by atoms with E-state index in [9.17, 15) is 9.59 Å². The third kappa shape index (κ3) is 3.38. The van der Waals surface area contributed by atoms with Gasteiger partial charge in [0.15, 0.2) is 6.10 Å². The van der Waals surface area contributed by atoms with E-state index >= 15 is 0 Å². The number of benzene rings is 1. The molecule has 24 heavy (non-hydrogen) atoms. The molecule has 1 aromatic rings. The zero-order valence-corrected chi connectivity index (χ0v) is 14.4. The molecule has 2 aliphatic heterocycles. The van der Waals surface area contributed by atoms with Gasteiger partial charge in [-0.05, 0) is 37.8 Å². The lowest BCUT2D eigenvalue weighted by atomic mass is 10.1. The number of anilines is 2. The number of nitrogens with zero attached hydrogens (tertiary/aromatic N) is 1. The van der Waals surface area contributed by atoms with Crippen LogP contribution in [0, 0.1) is 5.92 Å². The van der Waals surface area contributed by atoms with Gasteiger partial charge in [0.25, 0.3) is 11.8 Å². The first-order chi connectivity index (χ1) is 11.5. The summed E-state index contributed by atoms with van der Waals surface area (Å²) >= 11 is 0. The van der Waals surface area contributed by atoms with Crippen LogP contribution in [-0.4, -0.2) is 37.2 Å². The van der Waals surface area contributed by atoms with E-state index in [1.54, 1.807) is 24.0 Å². The van der Waals surface area contributed by atoms with E-state index in [4.69, 9.17) is 9.47 Å². The molecule has 0 bridgehead atoms. The molecule has 0 radical (unpaired) electrons. The molecule has 1 saturated heterocycles. The second-order valence-corrected chi connectivity index (χ2v) is 6.78. The van der Waals surface area contributed by atoms with Crippen LogP contribution in [0.3, 0.4) is 0 Å². The van der Waals surface area contributed by atoms with E-state index in [1.165, 1.54) is 0 Å². The van der Waals surface area contributed by atoms with Crippen LogP contribution in [0.5, 0.6) is 5.75 Å². The molecule has 2 heterocycles. The Morgan fingerprint density at radius 2 is 2.21 bits per heavy atom. The highest BCUT2D eigenvalue weighted by Gasteiger charge is 2.32. The van der Waals surface area contributed by atoms with Crippen LogP contribution in [0.4, 0.5) is 11.4 Å². The molecule has 2 unspecified atom stereocenters. The van der Waals surface area contributed by atoms with Crippen LogP contribution in [0.1, 0.15) is 33.6 Å². The summed E-state index contributed by atoms with van der Waals surface area (Å²) in [5, 5.41) is 2.87. The number of nitrogens with one attached hydrogen (secondary N) is 1. The van der Waals surface area contributed by atoms with Gasteiger partial charge in [0.2, 0.25) is 0 Å². The maximum absolute atomic E-state index is 12.4. The van der Waals surface area contributed by atoms with Crippen molar-refractivity contribution in [1.82, 2.24) is 0 Å². The van der Waals surface area contributed by atoms with Gasteiger partial charge in [-0.15, -0.1) is 0 Å². The van der Waals surface area contributed by atoms with E-state index in [0.717, 1.165) is 18.5 Å². The highest BCUT2D eigenvalue weighted by atomic mass is 16.5. The summed E-state index contributed by atoms with van der Waals surface area (Å²) < 4.78 is 11.1. The summed E-state index contributed by atoms with van der Waals surface area (Å²) in [6.07, 6.45) is 0.760. The Kier molecular flexibility index (Phi) is 4.76. The first-order valence-corrected chi connectivity index (χ1v) is 8.50. The van der Waals surface area contributed by atoms with Crippen LogP contribution in [0.15, 0.2) is 18.2 Å². The molecule has 0 saturated carbocycles. The topological polar surface area (TPSA) is 67.9 Å². The number of ether oxygens (including phenoxy) is 2. The summed E-state index contributed by atoms with van der Waals surface area (Å²) in [4.78, 5) is 26.3. The Morgan fingerprint density at radius 3 is 2.88 bits per heavy atom. The Hall–Kier alpha value is -2.08. The SMILES string of the molecule is CC(C)CN1C(=O)C(C)Oc2cc(NC(=O)C3CCCO3)ccc21. The predicted octanol–water partition coefficient (Wildman–Crippen LogP) is 2.57. The van der Waals surface area contributed by atoms with Gasteiger partial charge in [0.1, 0.15) is 11.9 Å². The highest BCUT2D eigenvalue weighted by Crippen LogP contribution is 2.36. The molecule has 6 heteroatoms. The quantitative estimate of drug-likeness (QED) is 0.920. The van der Waals surface area contributed by atoms with Crippen LogP contribution < -0.4 is 15.0 Å². The first kappa shape index (κ1) is 16.8. The molecule has 3 rings (SSSR count). The van der Waals surface area contributed by atoms with Gasteiger partial charge in [-0.2, -0.15) is 0 Å². The van der Waals surface area contributed by atoms with Crippen molar-refractivity contribution in [3.63, 3.8) is 0 Å². The molecular weight excluding hydrogens is 308 g/mol.